The van der Waals surface area contributed by atoms with Gasteiger partial charge in [0.1, 0.15) is 12.3 Å². The van der Waals surface area contributed by atoms with E-state index in [2.05, 4.69) is 47.4 Å². The van der Waals surface area contributed by atoms with Crippen molar-refractivity contribution in [3.8, 4) is 11.5 Å². The smallest absolute Gasteiger partial charge is 0.289 e. The van der Waals surface area contributed by atoms with E-state index in [1.807, 2.05) is 24.3 Å². The zero-order valence-corrected chi connectivity index (χ0v) is 18.6. The lowest BCUT2D eigenvalue weighted by Crippen LogP contribution is -2.18. The fourth-order valence-electron chi connectivity index (χ4n) is 2.38. The molecule has 1 N–H and O–H groups in total. The molecule has 0 fully saturated rings. The van der Waals surface area contributed by atoms with Crippen molar-refractivity contribution >= 4 is 44.0 Å². The van der Waals surface area contributed by atoms with E-state index < -0.39 is 0 Å². The Morgan fingerprint density at radius 2 is 1.93 bits per heavy atom. The van der Waals surface area contributed by atoms with Gasteiger partial charge in [0.15, 0.2) is 11.5 Å². The molecule has 8 heteroatoms. The van der Waals surface area contributed by atoms with Gasteiger partial charge >= 0.3 is 0 Å². The normalized spacial score (nSPS) is 10.7. The number of hydrogen-bond acceptors (Lipinski definition) is 5. The number of aromatic nitrogens is 1. The minimum Gasteiger partial charge on any atom is -0.493 e. The highest BCUT2D eigenvalue weighted by Crippen LogP contribution is 2.33. The molecule has 1 amide bonds. The zero-order chi connectivity index (χ0) is 20.6. The van der Waals surface area contributed by atoms with Crippen molar-refractivity contribution in [3.63, 3.8) is 0 Å². The van der Waals surface area contributed by atoms with Gasteiger partial charge in [-0.2, -0.15) is 5.10 Å². The summed E-state index contributed by atoms with van der Waals surface area (Å²) < 4.78 is 13.1. The van der Waals surface area contributed by atoms with Crippen LogP contribution in [0.1, 0.15) is 21.6 Å². The Bertz CT molecular complexity index is 1010. The monoisotopic (exact) mass is 517 g/mol. The fourth-order valence-corrected chi connectivity index (χ4v) is 3.07. The molecule has 3 rings (SSSR count). The minimum absolute atomic E-state index is 0.290. The fraction of sp³-hybridized carbons (Fsp3) is 0.0952. The Kier molecular flexibility index (Phi) is 7.37. The highest BCUT2D eigenvalue weighted by atomic mass is 79.9. The number of benzene rings is 2. The number of nitrogens with one attached hydrogen (secondary N) is 1. The van der Waals surface area contributed by atoms with Gasteiger partial charge in [0, 0.05) is 20.7 Å². The average Bonchev–Trinajstić information content (AvgIpc) is 2.75. The van der Waals surface area contributed by atoms with E-state index in [1.165, 1.54) is 6.21 Å². The van der Waals surface area contributed by atoms with Crippen LogP contribution in [0.4, 0.5) is 0 Å². The van der Waals surface area contributed by atoms with Gasteiger partial charge in [-0.15, -0.1) is 0 Å². The van der Waals surface area contributed by atoms with E-state index in [0.717, 1.165) is 20.1 Å². The molecule has 2 aromatic carbocycles. The molecule has 29 heavy (non-hydrogen) atoms. The molecule has 0 saturated heterocycles. The van der Waals surface area contributed by atoms with Crippen LogP contribution < -0.4 is 14.9 Å². The van der Waals surface area contributed by atoms with E-state index in [4.69, 9.17) is 9.47 Å². The summed E-state index contributed by atoms with van der Waals surface area (Å²) in [6, 6.07) is 16.6. The summed E-state index contributed by atoms with van der Waals surface area (Å²) in [6.07, 6.45) is 3.07. The van der Waals surface area contributed by atoms with Gasteiger partial charge in [-0.25, -0.2) is 5.43 Å². The Morgan fingerprint density at radius 3 is 2.62 bits per heavy atom. The molecule has 0 aliphatic heterocycles. The summed E-state index contributed by atoms with van der Waals surface area (Å²) in [6.45, 7) is 0.406. The predicted octanol–water partition coefficient (Wildman–Crippen LogP) is 4.96. The second kappa shape index (κ2) is 10.2. The predicted molar refractivity (Wildman–Crippen MR) is 118 cm³/mol. The highest BCUT2D eigenvalue weighted by molar-refractivity contribution is 9.10. The van der Waals surface area contributed by atoms with Crippen LogP contribution >= 0.6 is 31.9 Å². The van der Waals surface area contributed by atoms with Crippen LogP contribution in [0.25, 0.3) is 0 Å². The number of carbonyl (C=O) groups excluding carboxylic acids is 1. The number of hydrazone groups is 1. The summed E-state index contributed by atoms with van der Waals surface area (Å²) in [4.78, 5) is 16.0. The second-order valence-corrected chi connectivity index (χ2v) is 7.62. The van der Waals surface area contributed by atoms with Crippen molar-refractivity contribution in [1.82, 2.24) is 10.4 Å². The molecule has 0 aliphatic rings. The highest BCUT2D eigenvalue weighted by Gasteiger charge is 2.10. The van der Waals surface area contributed by atoms with Gasteiger partial charge in [-0.3, -0.25) is 9.78 Å². The number of halogens is 2. The molecular weight excluding hydrogens is 502 g/mol. The van der Waals surface area contributed by atoms with Crippen LogP contribution in [0.15, 0.2) is 74.8 Å². The van der Waals surface area contributed by atoms with E-state index in [-0.39, 0.29) is 11.6 Å². The molecular formula is C21H17Br2N3O3. The zero-order valence-electron chi connectivity index (χ0n) is 15.4. The van der Waals surface area contributed by atoms with Crippen molar-refractivity contribution in [2.45, 2.75) is 6.61 Å². The maximum Gasteiger partial charge on any atom is 0.289 e. The molecule has 0 saturated carbocycles. The summed E-state index contributed by atoms with van der Waals surface area (Å²) >= 11 is 6.92. The van der Waals surface area contributed by atoms with Crippen LogP contribution in [0, 0.1) is 0 Å². The Labute approximate surface area is 185 Å². The largest absolute Gasteiger partial charge is 0.493 e. The van der Waals surface area contributed by atoms with Gasteiger partial charge in [-0.1, -0.05) is 34.1 Å². The number of pyridine rings is 1. The van der Waals surface area contributed by atoms with Crippen molar-refractivity contribution < 1.29 is 14.3 Å². The first-order chi connectivity index (χ1) is 14.1. The first kappa shape index (κ1) is 21.0. The maximum absolute atomic E-state index is 12.0. The van der Waals surface area contributed by atoms with E-state index in [9.17, 15) is 4.79 Å². The van der Waals surface area contributed by atoms with Crippen LogP contribution in [0.3, 0.4) is 0 Å². The van der Waals surface area contributed by atoms with Gasteiger partial charge in [0.2, 0.25) is 0 Å². The lowest BCUT2D eigenvalue weighted by molar-refractivity contribution is 0.0950. The third-order valence-corrected chi connectivity index (χ3v) is 5.07. The molecule has 0 atom stereocenters. The minimum atomic E-state index is -0.389. The molecule has 0 radical (unpaired) electrons. The van der Waals surface area contributed by atoms with E-state index in [1.54, 1.807) is 43.6 Å². The number of rotatable bonds is 7. The SMILES string of the molecule is COc1cc(/C=N/NC(=O)c2ccccn2)c(Br)cc1OCc1ccc(Br)cc1. The quantitative estimate of drug-likeness (QED) is 0.354. The molecule has 1 aromatic heterocycles. The maximum atomic E-state index is 12.0. The van der Waals surface area contributed by atoms with Crippen molar-refractivity contribution in [2.24, 2.45) is 5.10 Å². The van der Waals surface area contributed by atoms with Crippen LogP contribution in [-0.2, 0) is 6.61 Å². The molecule has 0 aliphatic carbocycles. The van der Waals surface area contributed by atoms with Gasteiger partial charge in [-0.05, 0) is 57.9 Å². The van der Waals surface area contributed by atoms with Gasteiger partial charge in [0.25, 0.3) is 5.91 Å². The van der Waals surface area contributed by atoms with Gasteiger partial charge in [0.05, 0.1) is 13.3 Å². The van der Waals surface area contributed by atoms with Crippen molar-refractivity contribution in [2.75, 3.05) is 7.11 Å². The number of carbonyl (C=O) groups is 1. The summed E-state index contributed by atoms with van der Waals surface area (Å²) in [5.74, 6) is 0.763. The van der Waals surface area contributed by atoms with Crippen LogP contribution in [-0.4, -0.2) is 24.2 Å². The topological polar surface area (TPSA) is 72.8 Å². The third kappa shape index (κ3) is 5.88. The Morgan fingerprint density at radius 1 is 1.14 bits per heavy atom. The van der Waals surface area contributed by atoms with E-state index in [0.29, 0.717) is 18.1 Å². The molecule has 1 heterocycles. The number of amides is 1. The van der Waals surface area contributed by atoms with Crippen molar-refractivity contribution in [3.05, 3.63) is 86.6 Å². The standard InChI is InChI=1S/C21H17Br2N3O3/c1-28-19-10-15(12-25-26-21(27)18-4-2-3-9-24-18)17(23)11-20(19)29-13-14-5-7-16(22)8-6-14/h2-12H,13H2,1H3,(H,26,27)/b25-12+. The number of hydrogen-bond donors (Lipinski definition) is 1. The summed E-state index contributed by atoms with van der Waals surface area (Å²) in [7, 11) is 1.57. The van der Waals surface area contributed by atoms with Crippen molar-refractivity contribution in [1.29, 1.82) is 0 Å². The first-order valence-corrected chi connectivity index (χ1v) is 10.1. The Hall–Kier alpha value is -2.71. The summed E-state index contributed by atoms with van der Waals surface area (Å²) in [5, 5.41) is 3.99. The molecule has 0 bridgehead atoms. The first-order valence-electron chi connectivity index (χ1n) is 8.56. The molecule has 6 nitrogen and oxygen atoms in total. The number of nitrogens with zero attached hydrogens (tertiary/aromatic N) is 2. The Balaban J connectivity index is 1.68. The average molecular weight is 519 g/mol. The second-order valence-electron chi connectivity index (χ2n) is 5.85. The number of ether oxygens (including phenoxy) is 2. The summed E-state index contributed by atoms with van der Waals surface area (Å²) in [5.41, 5.74) is 4.50. The van der Waals surface area contributed by atoms with Crippen LogP contribution in [0.2, 0.25) is 0 Å². The lowest BCUT2D eigenvalue weighted by atomic mass is 10.2. The van der Waals surface area contributed by atoms with E-state index >= 15 is 0 Å². The molecule has 3 aromatic rings. The molecule has 0 spiro atoms. The van der Waals surface area contributed by atoms with Gasteiger partial charge < -0.3 is 9.47 Å². The molecule has 148 valence electrons. The van der Waals surface area contributed by atoms with Crippen LogP contribution in [0.5, 0.6) is 11.5 Å². The molecule has 0 unspecified atom stereocenters. The number of methoxy groups -OCH3 is 1. The lowest BCUT2D eigenvalue weighted by Gasteiger charge is -2.13. The third-order valence-electron chi connectivity index (χ3n) is 3.86.